The molecule has 2 aromatic carbocycles. The van der Waals surface area contributed by atoms with Crippen LogP contribution in [0.15, 0.2) is 66.2 Å². The molecule has 9 nitrogen and oxygen atoms in total. The average Bonchev–Trinajstić information content (AvgIpc) is 3.15. The summed E-state index contributed by atoms with van der Waals surface area (Å²) in [6, 6.07) is 17.6. The van der Waals surface area contributed by atoms with Crippen LogP contribution in [-0.4, -0.2) is 72.7 Å². The summed E-state index contributed by atoms with van der Waals surface area (Å²) in [5, 5.41) is 23.7. The van der Waals surface area contributed by atoms with Crippen LogP contribution in [0.5, 0.6) is 0 Å². The molecule has 35 heavy (non-hydrogen) atoms. The normalized spacial score (nSPS) is 28.6. The first kappa shape index (κ1) is 25.0. The van der Waals surface area contributed by atoms with E-state index in [1.54, 1.807) is 0 Å². The maximum atomic E-state index is 13.0. The Balaban J connectivity index is 1.68. The van der Waals surface area contributed by atoms with Gasteiger partial charge in [-0.3, -0.25) is 4.79 Å². The van der Waals surface area contributed by atoms with Crippen molar-refractivity contribution in [2.75, 3.05) is 13.7 Å². The molecule has 0 aromatic heterocycles. The summed E-state index contributed by atoms with van der Waals surface area (Å²) in [6.45, 7) is 1.26. The van der Waals surface area contributed by atoms with Gasteiger partial charge >= 0.3 is 5.97 Å². The van der Waals surface area contributed by atoms with Gasteiger partial charge in [0.25, 0.3) is 0 Å². The van der Waals surface area contributed by atoms with Gasteiger partial charge in [0.2, 0.25) is 12.2 Å². The van der Waals surface area contributed by atoms with Gasteiger partial charge in [0.15, 0.2) is 6.29 Å². The zero-order valence-corrected chi connectivity index (χ0v) is 19.5. The van der Waals surface area contributed by atoms with Crippen molar-refractivity contribution in [2.24, 2.45) is 0 Å². The van der Waals surface area contributed by atoms with E-state index in [-0.39, 0.29) is 6.61 Å². The van der Waals surface area contributed by atoms with Gasteiger partial charge in [0.05, 0.1) is 12.2 Å². The number of hydrogen-bond donors (Lipinski definition) is 3. The van der Waals surface area contributed by atoms with Crippen molar-refractivity contribution in [2.45, 2.75) is 50.3 Å². The van der Waals surface area contributed by atoms with E-state index in [1.807, 2.05) is 60.7 Å². The highest BCUT2D eigenvalue weighted by atomic mass is 16.8. The van der Waals surface area contributed by atoms with Crippen molar-refractivity contribution in [1.82, 2.24) is 5.32 Å². The van der Waals surface area contributed by atoms with E-state index >= 15 is 0 Å². The van der Waals surface area contributed by atoms with Gasteiger partial charge in [-0.25, -0.2) is 4.79 Å². The molecule has 6 atom stereocenters. The molecule has 2 aliphatic rings. The second-order valence-electron chi connectivity index (χ2n) is 8.51. The molecule has 9 heteroatoms. The van der Waals surface area contributed by atoms with Gasteiger partial charge in [0.1, 0.15) is 24.4 Å². The second kappa shape index (κ2) is 11.1. The number of nitrogens with one attached hydrogen (secondary N) is 1. The Morgan fingerprint density at radius 3 is 2.31 bits per heavy atom. The number of hydrogen-bond acceptors (Lipinski definition) is 8. The number of cyclic esters (lactones) is 1. The highest BCUT2D eigenvalue weighted by Crippen LogP contribution is 2.35. The number of carbonyl (C=O) groups excluding carboxylic acids is 2. The Hall–Kier alpha value is -3.08. The van der Waals surface area contributed by atoms with Crippen molar-refractivity contribution in [1.29, 1.82) is 0 Å². The molecule has 1 saturated heterocycles. The molecule has 2 heterocycles. The number of aliphatic hydroxyl groups excluding tert-OH is 2. The van der Waals surface area contributed by atoms with E-state index in [2.05, 4.69) is 5.32 Å². The lowest BCUT2D eigenvalue weighted by atomic mass is 9.95. The van der Waals surface area contributed by atoms with Crippen molar-refractivity contribution in [3.8, 4) is 0 Å². The molecule has 0 saturated carbocycles. The summed E-state index contributed by atoms with van der Waals surface area (Å²) in [7, 11) is 1.43. The van der Waals surface area contributed by atoms with Gasteiger partial charge < -0.3 is 34.5 Å². The monoisotopic (exact) mass is 483 g/mol. The van der Waals surface area contributed by atoms with E-state index in [0.717, 1.165) is 5.56 Å². The average molecular weight is 484 g/mol. The number of carbonyl (C=O) groups is 2. The lowest BCUT2D eigenvalue weighted by Gasteiger charge is -2.43. The van der Waals surface area contributed by atoms with Crippen molar-refractivity contribution >= 4 is 17.4 Å². The first-order valence-electron chi connectivity index (χ1n) is 11.4. The Morgan fingerprint density at radius 1 is 1.03 bits per heavy atom. The zero-order valence-electron chi connectivity index (χ0n) is 19.5. The van der Waals surface area contributed by atoms with Crippen molar-refractivity contribution in [3.63, 3.8) is 0 Å². The van der Waals surface area contributed by atoms with Crippen molar-refractivity contribution in [3.05, 3.63) is 77.4 Å². The van der Waals surface area contributed by atoms with E-state index in [9.17, 15) is 19.8 Å². The van der Waals surface area contributed by atoms with Gasteiger partial charge in [-0.1, -0.05) is 60.7 Å². The highest BCUT2D eigenvalue weighted by Gasteiger charge is 2.48. The first-order chi connectivity index (χ1) is 16.9. The van der Waals surface area contributed by atoms with Crippen LogP contribution in [0.1, 0.15) is 18.1 Å². The van der Waals surface area contributed by atoms with Crippen LogP contribution in [0.3, 0.4) is 0 Å². The Kier molecular flexibility index (Phi) is 7.94. The number of aliphatic hydroxyl groups is 2. The van der Waals surface area contributed by atoms with Crippen LogP contribution in [0.4, 0.5) is 0 Å². The minimum absolute atomic E-state index is 0.0166. The molecule has 3 N–H and O–H groups in total. The maximum Gasteiger partial charge on any atom is 0.341 e. The van der Waals surface area contributed by atoms with E-state index in [4.69, 9.17) is 18.9 Å². The number of rotatable bonds is 8. The predicted molar refractivity (Wildman–Crippen MR) is 125 cm³/mol. The summed E-state index contributed by atoms with van der Waals surface area (Å²) in [5.41, 5.74) is 2.60. The molecule has 2 aromatic rings. The molecule has 0 aliphatic carbocycles. The molecule has 2 aliphatic heterocycles. The maximum absolute atomic E-state index is 13.0. The standard InChI is InChI=1S/C26H29NO8/c1-15(28)27-21-23(30)22(29)19(14-32-2)33-26(21)35-25-18(13-16-9-5-3-6-10-16)20(24(31)34-25)17-11-7-4-8-12-17/h3-12,19,21-23,25-26,29-30H,13-14H2,1-2H3,(H,27,28)/t19-,21-,22-,23-,25?,26-/m1/s1. The Bertz CT molecular complexity index is 1060. The molecule has 0 radical (unpaired) electrons. The number of ether oxygens (including phenoxy) is 4. The zero-order chi connectivity index (χ0) is 24.9. The molecule has 0 spiro atoms. The van der Waals surface area contributed by atoms with E-state index in [1.165, 1.54) is 14.0 Å². The summed E-state index contributed by atoms with van der Waals surface area (Å²) in [4.78, 5) is 24.8. The van der Waals surface area contributed by atoms with Crippen LogP contribution in [0.2, 0.25) is 0 Å². The molecule has 1 amide bonds. The van der Waals surface area contributed by atoms with Gasteiger partial charge in [-0.2, -0.15) is 0 Å². The fourth-order valence-electron chi connectivity index (χ4n) is 4.34. The minimum atomic E-state index is -1.40. The molecule has 0 bridgehead atoms. The van der Waals surface area contributed by atoms with E-state index in [0.29, 0.717) is 23.1 Å². The SMILES string of the molecule is COC[C@H]1O[C@H](OC2OC(=O)C(c3ccccc3)=C2Cc2ccccc2)[C@H](NC(C)=O)[C@@H](O)[C@@H]1O. The number of benzene rings is 2. The van der Waals surface area contributed by atoms with Gasteiger partial charge in [-0.05, 0) is 11.1 Å². The predicted octanol–water partition coefficient (Wildman–Crippen LogP) is 1.18. The highest BCUT2D eigenvalue weighted by molar-refractivity contribution is 6.19. The smallest absolute Gasteiger partial charge is 0.341 e. The summed E-state index contributed by atoms with van der Waals surface area (Å²) < 4.78 is 22.7. The number of esters is 1. The molecule has 1 fully saturated rings. The van der Waals surface area contributed by atoms with Crippen LogP contribution < -0.4 is 5.32 Å². The largest absolute Gasteiger partial charge is 0.428 e. The third-order valence-corrected chi connectivity index (χ3v) is 5.98. The van der Waals surface area contributed by atoms with E-state index < -0.39 is 48.8 Å². The summed E-state index contributed by atoms with van der Waals surface area (Å²) >= 11 is 0. The molecule has 4 rings (SSSR count). The fourth-order valence-corrected chi connectivity index (χ4v) is 4.34. The third-order valence-electron chi connectivity index (χ3n) is 5.98. The lowest BCUT2D eigenvalue weighted by molar-refractivity contribution is -0.300. The number of amides is 1. The lowest BCUT2D eigenvalue weighted by Crippen LogP contribution is -2.65. The number of methoxy groups -OCH3 is 1. The quantitative estimate of drug-likeness (QED) is 0.479. The second-order valence-corrected chi connectivity index (χ2v) is 8.51. The van der Waals surface area contributed by atoms with Gasteiger partial charge in [0, 0.05) is 26.0 Å². The first-order valence-corrected chi connectivity index (χ1v) is 11.4. The third kappa shape index (κ3) is 5.61. The van der Waals surface area contributed by atoms with Crippen LogP contribution in [0.25, 0.3) is 5.57 Å². The molecule has 1 unspecified atom stereocenters. The molecular formula is C26H29NO8. The molecule has 186 valence electrons. The Labute approximate surface area is 203 Å². The Morgan fingerprint density at radius 2 is 1.69 bits per heavy atom. The minimum Gasteiger partial charge on any atom is -0.428 e. The molecular weight excluding hydrogens is 454 g/mol. The van der Waals surface area contributed by atoms with Gasteiger partial charge in [-0.15, -0.1) is 0 Å². The van der Waals surface area contributed by atoms with Crippen LogP contribution >= 0.6 is 0 Å². The van der Waals surface area contributed by atoms with Crippen molar-refractivity contribution < 1.29 is 38.7 Å². The fraction of sp³-hybridized carbons (Fsp3) is 0.385. The van der Waals surface area contributed by atoms with Crippen LogP contribution in [0, 0.1) is 0 Å². The summed E-state index contributed by atoms with van der Waals surface area (Å²) in [6.07, 6.45) is -5.63. The van der Waals surface area contributed by atoms with Crippen LogP contribution in [-0.2, 0) is 35.0 Å². The summed E-state index contributed by atoms with van der Waals surface area (Å²) in [5.74, 6) is -0.995. The topological polar surface area (TPSA) is 124 Å².